The van der Waals surface area contributed by atoms with Crippen molar-refractivity contribution in [2.75, 3.05) is 7.05 Å². The molecule has 0 aromatic heterocycles. The smallest absolute Gasteiger partial charge is 0.0356 e. The maximum Gasteiger partial charge on any atom is 0.0356 e. The van der Waals surface area contributed by atoms with Crippen LogP contribution < -0.4 is 5.73 Å². The van der Waals surface area contributed by atoms with Crippen LogP contribution in [0.2, 0.25) is 0 Å². The fraction of sp³-hybridized carbons (Fsp3) is 0.500. The lowest BCUT2D eigenvalue weighted by Crippen LogP contribution is -1.91. The summed E-state index contributed by atoms with van der Waals surface area (Å²) in [4.78, 5) is 3.95. The molecule has 0 bridgehead atoms. The molecule has 0 aromatic rings. The van der Waals surface area contributed by atoms with Crippen molar-refractivity contribution in [2.24, 2.45) is 10.7 Å². The standard InChI is InChI=1S/C6H12N2/c1-3-6(8-2)4-5-7/h4-5H,3,7H2,1-2H3/b5-4-,8-6?. The Bertz CT molecular complexity index is 100. The van der Waals surface area contributed by atoms with Gasteiger partial charge in [0.05, 0.1) is 0 Å². The third-order valence-corrected chi connectivity index (χ3v) is 0.938. The first kappa shape index (κ1) is 7.21. The second kappa shape index (κ2) is 4.37. The van der Waals surface area contributed by atoms with E-state index in [-0.39, 0.29) is 0 Å². The lowest BCUT2D eigenvalue weighted by molar-refractivity contribution is 1.25. The van der Waals surface area contributed by atoms with Gasteiger partial charge in [0, 0.05) is 12.8 Å². The largest absolute Gasteiger partial charge is 0.405 e. The van der Waals surface area contributed by atoms with E-state index in [0.29, 0.717) is 0 Å². The molecule has 2 N–H and O–H groups in total. The topological polar surface area (TPSA) is 38.4 Å². The molecule has 0 unspecified atom stereocenters. The Hall–Kier alpha value is -0.790. The normalized spacial score (nSPS) is 13.0. The molecular weight excluding hydrogens is 100 g/mol. The number of rotatable bonds is 2. The molecule has 0 heterocycles. The maximum absolute atomic E-state index is 5.12. The molecule has 0 spiro atoms. The number of hydrogen-bond acceptors (Lipinski definition) is 2. The van der Waals surface area contributed by atoms with Gasteiger partial charge >= 0.3 is 0 Å². The van der Waals surface area contributed by atoms with Gasteiger partial charge in [-0.25, -0.2) is 0 Å². The van der Waals surface area contributed by atoms with Crippen LogP contribution in [0.25, 0.3) is 0 Å². The lowest BCUT2D eigenvalue weighted by Gasteiger charge is -1.88. The molecule has 0 rings (SSSR count). The molecular formula is C6H12N2. The Morgan fingerprint density at radius 3 is 2.50 bits per heavy atom. The molecule has 0 saturated carbocycles. The van der Waals surface area contributed by atoms with Crippen LogP contribution in [0.15, 0.2) is 17.3 Å². The van der Waals surface area contributed by atoms with Crippen molar-refractivity contribution in [3.05, 3.63) is 12.3 Å². The fourth-order valence-corrected chi connectivity index (χ4v) is 0.462. The Kier molecular flexibility index (Phi) is 3.94. The van der Waals surface area contributed by atoms with E-state index < -0.39 is 0 Å². The summed E-state index contributed by atoms with van der Waals surface area (Å²) in [7, 11) is 1.76. The highest BCUT2D eigenvalue weighted by Gasteiger charge is 1.82. The average molecular weight is 112 g/mol. The van der Waals surface area contributed by atoms with Crippen molar-refractivity contribution < 1.29 is 0 Å². The zero-order valence-electron chi connectivity index (χ0n) is 5.39. The summed E-state index contributed by atoms with van der Waals surface area (Å²) in [6.07, 6.45) is 4.26. The van der Waals surface area contributed by atoms with Gasteiger partial charge in [0.25, 0.3) is 0 Å². The number of nitrogens with two attached hydrogens (primary N) is 1. The second-order valence-corrected chi connectivity index (χ2v) is 1.43. The molecule has 0 aliphatic rings. The lowest BCUT2D eigenvalue weighted by atomic mass is 10.3. The van der Waals surface area contributed by atoms with Crippen LogP contribution in [0.3, 0.4) is 0 Å². The van der Waals surface area contributed by atoms with Crippen molar-refractivity contribution in [3.8, 4) is 0 Å². The summed E-state index contributed by atoms with van der Waals surface area (Å²) in [6.45, 7) is 2.04. The number of aliphatic imine (C=N–C) groups is 1. The Balaban J connectivity index is 3.72. The van der Waals surface area contributed by atoms with Gasteiger partial charge in [-0.1, -0.05) is 6.92 Å². The number of nitrogens with zero attached hydrogens (tertiary/aromatic N) is 1. The molecule has 0 aliphatic heterocycles. The summed E-state index contributed by atoms with van der Waals surface area (Å²) in [6, 6.07) is 0. The summed E-state index contributed by atoms with van der Waals surface area (Å²) in [5, 5.41) is 0. The van der Waals surface area contributed by atoms with E-state index >= 15 is 0 Å². The molecule has 0 amide bonds. The summed E-state index contributed by atoms with van der Waals surface area (Å²) >= 11 is 0. The van der Waals surface area contributed by atoms with Crippen LogP contribution >= 0.6 is 0 Å². The van der Waals surface area contributed by atoms with Gasteiger partial charge in [0.2, 0.25) is 0 Å². The first-order valence-corrected chi connectivity index (χ1v) is 2.69. The molecule has 0 aliphatic carbocycles. The first-order valence-electron chi connectivity index (χ1n) is 2.69. The fourth-order valence-electron chi connectivity index (χ4n) is 0.462. The minimum atomic E-state index is 0.949. The van der Waals surface area contributed by atoms with E-state index in [2.05, 4.69) is 4.99 Å². The van der Waals surface area contributed by atoms with Crippen molar-refractivity contribution in [1.29, 1.82) is 0 Å². The van der Waals surface area contributed by atoms with Gasteiger partial charge in [-0.05, 0) is 18.7 Å². The predicted octanol–water partition coefficient (Wildman–Crippen LogP) is 0.940. The quantitative estimate of drug-likeness (QED) is 0.530. The number of hydrogen-bond donors (Lipinski definition) is 1. The van der Waals surface area contributed by atoms with E-state index in [4.69, 9.17) is 5.73 Å². The molecule has 0 radical (unpaired) electrons. The van der Waals surface area contributed by atoms with Crippen LogP contribution in [0, 0.1) is 0 Å². The predicted molar refractivity (Wildman–Crippen MR) is 37.0 cm³/mol. The van der Waals surface area contributed by atoms with Crippen LogP contribution in [-0.4, -0.2) is 12.8 Å². The second-order valence-electron chi connectivity index (χ2n) is 1.43. The summed E-state index contributed by atoms with van der Waals surface area (Å²) in [5.74, 6) is 0. The Morgan fingerprint density at radius 2 is 2.38 bits per heavy atom. The van der Waals surface area contributed by atoms with Crippen LogP contribution in [0.4, 0.5) is 0 Å². The minimum absolute atomic E-state index is 0.949. The highest BCUT2D eigenvalue weighted by Crippen LogP contribution is 1.84. The van der Waals surface area contributed by atoms with Gasteiger partial charge in [-0.2, -0.15) is 0 Å². The van der Waals surface area contributed by atoms with Crippen LogP contribution in [0.1, 0.15) is 13.3 Å². The zero-order chi connectivity index (χ0) is 6.41. The van der Waals surface area contributed by atoms with Gasteiger partial charge in [-0.3, -0.25) is 4.99 Å². The summed E-state index contributed by atoms with van der Waals surface area (Å²) in [5.41, 5.74) is 6.15. The highest BCUT2D eigenvalue weighted by atomic mass is 14.7. The highest BCUT2D eigenvalue weighted by molar-refractivity contribution is 5.94. The third-order valence-electron chi connectivity index (χ3n) is 0.938. The number of allylic oxidation sites excluding steroid dienone is 1. The minimum Gasteiger partial charge on any atom is -0.405 e. The summed E-state index contributed by atoms with van der Waals surface area (Å²) < 4.78 is 0. The molecule has 0 saturated heterocycles. The van der Waals surface area contributed by atoms with Gasteiger partial charge in [0.15, 0.2) is 0 Å². The average Bonchev–Trinajstić information content (AvgIpc) is 1.83. The molecule has 0 fully saturated rings. The van der Waals surface area contributed by atoms with Crippen LogP contribution in [-0.2, 0) is 0 Å². The van der Waals surface area contributed by atoms with Crippen molar-refractivity contribution in [1.82, 2.24) is 0 Å². The SMILES string of the molecule is CCC(/C=C\N)=NC. The third kappa shape index (κ3) is 2.39. The van der Waals surface area contributed by atoms with E-state index in [1.54, 1.807) is 13.1 Å². The molecule has 2 nitrogen and oxygen atoms in total. The molecule has 46 valence electrons. The first-order chi connectivity index (χ1) is 3.85. The van der Waals surface area contributed by atoms with Crippen molar-refractivity contribution >= 4 is 5.71 Å². The van der Waals surface area contributed by atoms with E-state index in [1.807, 2.05) is 6.92 Å². The van der Waals surface area contributed by atoms with Crippen molar-refractivity contribution in [2.45, 2.75) is 13.3 Å². The van der Waals surface area contributed by atoms with Crippen molar-refractivity contribution in [3.63, 3.8) is 0 Å². The maximum atomic E-state index is 5.12. The molecule has 0 atom stereocenters. The molecule has 0 aromatic carbocycles. The zero-order valence-corrected chi connectivity index (χ0v) is 5.39. The van der Waals surface area contributed by atoms with Gasteiger partial charge in [-0.15, -0.1) is 0 Å². The molecule has 8 heavy (non-hydrogen) atoms. The van der Waals surface area contributed by atoms with Gasteiger partial charge in [0.1, 0.15) is 0 Å². The Morgan fingerprint density at radius 1 is 1.75 bits per heavy atom. The molecule has 2 heteroatoms. The Labute approximate surface area is 50.1 Å². The monoisotopic (exact) mass is 112 g/mol. The van der Waals surface area contributed by atoms with E-state index in [9.17, 15) is 0 Å². The van der Waals surface area contributed by atoms with Gasteiger partial charge < -0.3 is 5.73 Å². The van der Waals surface area contributed by atoms with Crippen LogP contribution in [0.5, 0.6) is 0 Å². The van der Waals surface area contributed by atoms with E-state index in [1.165, 1.54) is 6.20 Å². The van der Waals surface area contributed by atoms with E-state index in [0.717, 1.165) is 12.1 Å².